The van der Waals surface area contributed by atoms with Crippen molar-refractivity contribution in [3.05, 3.63) is 0 Å². The number of urea groups is 1. The Hall–Kier alpha value is -0.810. The predicted molar refractivity (Wildman–Crippen MR) is 51.8 cm³/mol. The molecule has 13 heavy (non-hydrogen) atoms. The van der Waals surface area contributed by atoms with E-state index in [1.54, 1.807) is 7.05 Å². The molecule has 2 amide bonds. The zero-order valence-corrected chi connectivity index (χ0v) is 8.10. The average Bonchev–Trinajstić information content (AvgIpc) is 2.19. The van der Waals surface area contributed by atoms with Gasteiger partial charge in [-0.3, -0.25) is 4.90 Å². The number of carbonyl (C=O) groups excluding carboxylic acids is 1. The molecule has 1 rings (SSSR count). The molecule has 1 heterocycles. The highest BCUT2D eigenvalue weighted by molar-refractivity contribution is 5.73. The molecule has 0 bridgehead atoms. The number of piperazine rings is 1. The Balaban J connectivity index is 2.01. The van der Waals surface area contributed by atoms with Crippen LogP contribution < -0.4 is 16.0 Å². The van der Waals surface area contributed by atoms with E-state index in [0.29, 0.717) is 0 Å². The SMILES string of the molecule is CNC(=O)NCCN1CCNCC1. The lowest BCUT2D eigenvalue weighted by Gasteiger charge is -2.26. The van der Waals surface area contributed by atoms with E-state index in [1.165, 1.54) is 0 Å². The van der Waals surface area contributed by atoms with E-state index >= 15 is 0 Å². The van der Waals surface area contributed by atoms with Gasteiger partial charge in [-0.15, -0.1) is 0 Å². The summed E-state index contributed by atoms with van der Waals surface area (Å²) in [6, 6.07) is -0.102. The van der Waals surface area contributed by atoms with E-state index in [1.807, 2.05) is 0 Å². The molecule has 1 aliphatic rings. The van der Waals surface area contributed by atoms with Crippen LogP contribution in [0.3, 0.4) is 0 Å². The highest BCUT2D eigenvalue weighted by atomic mass is 16.2. The molecule has 0 radical (unpaired) electrons. The molecule has 5 nitrogen and oxygen atoms in total. The number of hydrogen-bond acceptors (Lipinski definition) is 3. The van der Waals surface area contributed by atoms with Crippen molar-refractivity contribution in [2.75, 3.05) is 46.3 Å². The molecule has 0 saturated carbocycles. The maximum atomic E-state index is 10.8. The van der Waals surface area contributed by atoms with Crippen molar-refractivity contribution in [3.8, 4) is 0 Å². The highest BCUT2D eigenvalue weighted by Gasteiger charge is 2.08. The fourth-order valence-electron chi connectivity index (χ4n) is 1.35. The number of carbonyl (C=O) groups is 1. The normalized spacial score (nSPS) is 18.2. The van der Waals surface area contributed by atoms with Gasteiger partial charge in [0.15, 0.2) is 0 Å². The van der Waals surface area contributed by atoms with E-state index in [2.05, 4.69) is 20.9 Å². The summed E-state index contributed by atoms with van der Waals surface area (Å²) in [5, 5.41) is 8.57. The van der Waals surface area contributed by atoms with Crippen LogP contribution in [0, 0.1) is 0 Å². The van der Waals surface area contributed by atoms with Crippen molar-refractivity contribution < 1.29 is 4.79 Å². The smallest absolute Gasteiger partial charge is 0.314 e. The minimum atomic E-state index is -0.102. The van der Waals surface area contributed by atoms with Crippen LogP contribution in [-0.4, -0.2) is 57.2 Å². The van der Waals surface area contributed by atoms with Gasteiger partial charge in [-0.1, -0.05) is 0 Å². The summed E-state index contributed by atoms with van der Waals surface area (Å²) in [6.07, 6.45) is 0. The fraction of sp³-hybridized carbons (Fsp3) is 0.875. The van der Waals surface area contributed by atoms with Crippen LogP contribution in [0.15, 0.2) is 0 Å². The first-order chi connectivity index (χ1) is 6.33. The van der Waals surface area contributed by atoms with Crippen LogP contribution in [0.5, 0.6) is 0 Å². The van der Waals surface area contributed by atoms with Gasteiger partial charge in [0.25, 0.3) is 0 Å². The lowest BCUT2D eigenvalue weighted by molar-refractivity contribution is 0.228. The molecule has 0 aromatic heterocycles. The Morgan fingerprint density at radius 2 is 2.15 bits per heavy atom. The van der Waals surface area contributed by atoms with Crippen LogP contribution in [-0.2, 0) is 0 Å². The highest BCUT2D eigenvalue weighted by Crippen LogP contribution is 1.89. The maximum Gasteiger partial charge on any atom is 0.314 e. The van der Waals surface area contributed by atoms with E-state index < -0.39 is 0 Å². The molecule has 3 N–H and O–H groups in total. The zero-order valence-electron chi connectivity index (χ0n) is 8.10. The molecule has 1 saturated heterocycles. The first-order valence-corrected chi connectivity index (χ1v) is 4.71. The standard InChI is InChI=1S/C8H18N4O/c1-9-8(13)11-4-7-12-5-2-10-3-6-12/h10H,2-7H2,1H3,(H2,9,11,13). The first-order valence-electron chi connectivity index (χ1n) is 4.71. The van der Waals surface area contributed by atoms with Gasteiger partial charge in [-0.05, 0) is 0 Å². The largest absolute Gasteiger partial charge is 0.341 e. The third kappa shape index (κ3) is 4.10. The maximum absolute atomic E-state index is 10.8. The summed E-state index contributed by atoms with van der Waals surface area (Å²) >= 11 is 0. The Morgan fingerprint density at radius 1 is 1.46 bits per heavy atom. The zero-order chi connectivity index (χ0) is 9.52. The lowest BCUT2D eigenvalue weighted by Crippen LogP contribution is -2.47. The van der Waals surface area contributed by atoms with Gasteiger partial charge in [0.1, 0.15) is 0 Å². The monoisotopic (exact) mass is 186 g/mol. The van der Waals surface area contributed by atoms with Crippen LogP contribution in [0.1, 0.15) is 0 Å². The molecule has 0 aromatic rings. The topological polar surface area (TPSA) is 56.4 Å². The molecular weight excluding hydrogens is 168 g/mol. The van der Waals surface area contributed by atoms with E-state index in [9.17, 15) is 4.79 Å². The second kappa shape index (κ2) is 5.77. The molecule has 0 unspecified atom stereocenters. The minimum absolute atomic E-state index is 0.102. The fourth-order valence-corrected chi connectivity index (χ4v) is 1.35. The van der Waals surface area contributed by atoms with Crippen molar-refractivity contribution >= 4 is 6.03 Å². The molecule has 1 fully saturated rings. The Labute approximate surface area is 78.9 Å². The van der Waals surface area contributed by atoms with Crippen LogP contribution in [0.2, 0.25) is 0 Å². The second-order valence-corrected chi connectivity index (χ2v) is 3.10. The summed E-state index contributed by atoms with van der Waals surface area (Å²) in [4.78, 5) is 13.1. The number of nitrogens with one attached hydrogen (secondary N) is 3. The van der Waals surface area contributed by atoms with Crippen molar-refractivity contribution in [1.29, 1.82) is 0 Å². The molecule has 0 atom stereocenters. The molecule has 1 aliphatic heterocycles. The van der Waals surface area contributed by atoms with Crippen molar-refractivity contribution in [2.24, 2.45) is 0 Å². The van der Waals surface area contributed by atoms with E-state index in [4.69, 9.17) is 0 Å². The van der Waals surface area contributed by atoms with Gasteiger partial charge in [0.2, 0.25) is 0 Å². The van der Waals surface area contributed by atoms with Gasteiger partial charge in [0.05, 0.1) is 0 Å². The quantitative estimate of drug-likeness (QED) is 0.520. The summed E-state index contributed by atoms with van der Waals surface area (Å²) in [6.45, 7) is 5.93. The molecule has 0 spiro atoms. The van der Waals surface area contributed by atoms with Gasteiger partial charge in [-0.2, -0.15) is 0 Å². The van der Waals surface area contributed by atoms with Crippen LogP contribution in [0.4, 0.5) is 4.79 Å². The average molecular weight is 186 g/mol. The molecule has 0 aliphatic carbocycles. The Bertz CT molecular complexity index is 156. The predicted octanol–water partition coefficient (Wildman–Crippen LogP) is -1.18. The molecular formula is C8H18N4O. The van der Waals surface area contributed by atoms with Gasteiger partial charge < -0.3 is 16.0 Å². The Kier molecular flexibility index (Phi) is 4.56. The number of rotatable bonds is 3. The number of nitrogens with zero attached hydrogens (tertiary/aromatic N) is 1. The van der Waals surface area contributed by atoms with E-state index in [0.717, 1.165) is 39.3 Å². The minimum Gasteiger partial charge on any atom is -0.341 e. The third-order valence-corrected chi connectivity index (χ3v) is 2.15. The lowest BCUT2D eigenvalue weighted by atomic mass is 10.3. The summed E-state index contributed by atoms with van der Waals surface area (Å²) in [7, 11) is 1.63. The van der Waals surface area contributed by atoms with Gasteiger partial charge in [-0.25, -0.2) is 4.79 Å². The van der Waals surface area contributed by atoms with Gasteiger partial charge in [0, 0.05) is 46.3 Å². The van der Waals surface area contributed by atoms with Crippen LogP contribution in [0.25, 0.3) is 0 Å². The Morgan fingerprint density at radius 3 is 2.77 bits per heavy atom. The van der Waals surface area contributed by atoms with Crippen molar-refractivity contribution in [1.82, 2.24) is 20.9 Å². The number of amides is 2. The summed E-state index contributed by atoms with van der Waals surface area (Å²) in [5.74, 6) is 0. The molecule has 76 valence electrons. The number of hydrogen-bond donors (Lipinski definition) is 3. The molecule has 5 heteroatoms. The van der Waals surface area contributed by atoms with Crippen molar-refractivity contribution in [3.63, 3.8) is 0 Å². The third-order valence-electron chi connectivity index (χ3n) is 2.15. The van der Waals surface area contributed by atoms with Crippen molar-refractivity contribution in [2.45, 2.75) is 0 Å². The summed E-state index contributed by atoms with van der Waals surface area (Å²) < 4.78 is 0. The van der Waals surface area contributed by atoms with E-state index in [-0.39, 0.29) is 6.03 Å². The van der Waals surface area contributed by atoms with Crippen LogP contribution >= 0.6 is 0 Å². The first kappa shape index (κ1) is 10.3. The summed E-state index contributed by atoms with van der Waals surface area (Å²) in [5.41, 5.74) is 0. The molecule has 0 aromatic carbocycles. The second-order valence-electron chi connectivity index (χ2n) is 3.10. The van der Waals surface area contributed by atoms with Gasteiger partial charge >= 0.3 is 6.03 Å².